The van der Waals surface area contributed by atoms with E-state index in [1.807, 2.05) is 39.0 Å². The quantitative estimate of drug-likeness (QED) is 0.359. The number of hydrazone groups is 1. The number of carbonyl (C=O) groups excluding carboxylic acids is 2. The molecule has 0 radical (unpaired) electrons. The fraction of sp³-hybridized carbons (Fsp3) is 0.318. The van der Waals surface area contributed by atoms with E-state index in [-0.39, 0.29) is 18.3 Å². The van der Waals surface area contributed by atoms with E-state index < -0.39 is 5.91 Å². The average Bonchev–Trinajstić information content (AvgIpc) is 2.68. The van der Waals surface area contributed by atoms with Crippen molar-refractivity contribution in [1.82, 2.24) is 5.43 Å². The van der Waals surface area contributed by atoms with E-state index in [9.17, 15) is 14.7 Å². The Bertz CT molecular complexity index is 922. The van der Waals surface area contributed by atoms with Crippen molar-refractivity contribution in [2.24, 2.45) is 5.10 Å². The van der Waals surface area contributed by atoms with Gasteiger partial charge < -0.3 is 15.2 Å². The number of rotatable bonds is 8. The van der Waals surface area contributed by atoms with Crippen molar-refractivity contribution >= 4 is 23.2 Å². The lowest BCUT2D eigenvalue weighted by Gasteiger charge is -2.10. The fourth-order valence-electron chi connectivity index (χ4n) is 2.60. The maximum Gasteiger partial charge on any atom is 0.277 e. The number of ether oxygens (including phenoxy) is 1. The maximum absolute atomic E-state index is 12.1. The Labute approximate surface area is 170 Å². The highest BCUT2D eigenvalue weighted by atomic mass is 16.5. The van der Waals surface area contributed by atoms with Crippen molar-refractivity contribution in [2.75, 3.05) is 11.9 Å². The molecule has 0 heterocycles. The van der Waals surface area contributed by atoms with Crippen LogP contribution in [0, 0.1) is 13.8 Å². The van der Waals surface area contributed by atoms with Gasteiger partial charge in [0.05, 0.1) is 5.71 Å². The standard InChI is InChI=1S/C22H27N3O4/c1-5-6-21(27)23-17-9-10-19(26)18(12-17)16(4)24-25-22(28)13-29-20-11-14(2)7-8-15(20)3/h7-12,26H,5-6,13H2,1-4H3,(H,23,27)(H,25,28)/b24-16+. The van der Waals surface area contributed by atoms with Crippen LogP contribution in [0.25, 0.3) is 0 Å². The van der Waals surface area contributed by atoms with Crippen molar-refractivity contribution < 1.29 is 19.4 Å². The maximum atomic E-state index is 12.1. The minimum absolute atomic E-state index is 0.000579. The number of phenols is 1. The van der Waals surface area contributed by atoms with Gasteiger partial charge in [0.1, 0.15) is 11.5 Å². The van der Waals surface area contributed by atoms with Gasteiger partial charge in [-0.15, -0.1) is 0 Å². The highest BCUT2D eigenvalue weighted by molar-refractivity contribution is 6.03. The number of phenolic OH excluding ortho intramolecular Hbond substituents is 1. The molecule has 0 atom stereocenters. The summed E-state index contributed by atoms with van der Waals surface area (Å²) in [5.41, 5.74) is 5.76. The Kier molecular flexibility index (Phi) is 7.77. The van der Waals surface area contributed by atoms with Gasteiger partial charge in [-0.2, -0.15) is 5.10 Å². The van der Waals surface area contributed by atoms with Crippen molar-refractivity contribution in [3.8, 4) is 11.5 Å². The first-order valence-electron chi connectivity index (χ1n) is 9.46. The molecule has 7 nitrogen and oxygen atoms in total. The lowest BCUT2D eigenvalue weighted by Crippen LogP contribution is -2.25. The summed E-state index contributed by atoms with van der Waals surface area (Å²) in [6.45, 7) is 7.25. The van der Waals surface area contributed by atoms with E-state index in [1.54, 1.807) is 19.1 Å². The van der Waals surface area contributed by atoms with Crippen LogP contribution in [0.2, 0.25) is 0 Å². The zero-order valence-corrected chi connectivity index (χ0v) is 17.2. The number of benzene rings is 2. The molecule has 2 aromatic rings. The van der Waals surface area contributed by atoms with Crippen molar-refractivity contribution in [2.45, 2.75) is 40.5 Å². The van der Waals surface area contributed by atoms with Crippen LogP contribution in [0.3, 0.4) is 0 Å². The van der Waals surface area contributed by atoms with Gasteiger partial charge in [0.25, 0.3) is 5.91 Å². The van der Waals surface area contributed by atoms with Gasteiger partial charge in [0, 0.05) is 17.7 Å². The topological polar surface area (TPSA) is 100 Å². The molecule has 0 spiro atoms. The van der Waals surface area contributed by atoms with Gasteiger partial charge in [0.15, 0.2) is 6.61 Å². The van der Waals surface area contributed by atoms with Crippen LogP contribution in [-0.4, -0.2) is 29.2 Å². The summed E-state index contributed by atoms with van der Waals surface area (Å²) in [4.78, 5) is 23.8. The molecule has 29 heavy (non-hydrogen) atoms. The zero-order chi connectivity index (χ0) is 21.4. The Hall–Kier alpha value is -3.35. The second kappa shape index (κ2) is 10.3. The number of hydrogen-bond donors (Lipinski definition) is 3. The zero-order valence-electron chi connectivity index (χ0n) is 17.2. The van der Waals surface area contributed by atoms with E-state index in [0.717, 1.165) is 17.5 Å². The second-order valence-electron chi connectivity index (χ2n) is 6.82. The first-order chi connectivity index (χ1) is 13.8. The molecule has 0 saturated heterocycles. The largest absolute Gasteiger partial charge is 0.507 e. The van der Waals surface area contributed by atoms with Crippen LogP contribution in [0.5, 0.6) is 11.5 Å². The number of anilines is 1. The van der Waals surface area contributed by atoms with E-state index in [1.165, 1.54) is 6.07 Å². The van der Waals surface area contributed by atoms with Crippen LogP contribution in [-0.2, 0) is 9.59 Å². The van der Waals surface area contributed by atoms with E-state index >= 15 is 0 Å². The van der Waals surface area contributed by atoms with Gasteiger partial charge >= 0.3 is 0 Å². The highest BCUT2D eigenvalue weighted by Crippen LogP contribution is 2.22. The molecule has 7 heteroatoms. The van der Waals surface area contributed by atoms with Crippen molar-refractivity contribution in [3.05, 3.63) is 53.1 Å². The van der Waals surface area contributed by atoms with E-state index in [0.29, 0.717) is 29.1 Å². The summed E-state index contributed by atoms with van der Waals surface area (Å²) in [7, 11) is 0. The first-order valence-corrected chi connectivity index (χ1v) is 9.46. The smallest absolute Gasteiger partial charge is 0.277 e. The summed E-state index contributed by atoms with van der Waals surface area (Å²) < 4.78 is 5.55. The minimum Gasteiger partial charge on any atom is -0.507 e. The first kappa shape index (κ1) is 21.9. The predicted molar refractivity (Wildman–Crippen MR) is 113 cm³/mol. The molecular weight excluding hydrogens is 370 g/mol. The molecular formula is C22H27N3O4. The third kappa shape index (κ3) is 6.64. The van der Waals surface area contributed by atoms with Gasteiger partial charge in [-0.3, -0.25) is 9.59 Å². The molecule has 154 valence electrons. The Morgan fingerprint density at radius 1 is 1.10 bits per heavy atom. The predicted octanol–water partition coefficient (Wildman–Crippen LogP) is 3.67. The molecule has 2 rings (SSSR count). The van der Waals surface area contributed by atoms with Crippen LogP contribution < -0.4 is 15.5 Å². The normalized spacial score (nSPS) is 11.1. The van der Waals surface area contributed by atoms with Crippen LogP contribution in [0.4, 0.5) is 5.69 Å². The number of nitrogens with one attached hydrogen (secondary N) is 2. The molecule has 0 aliphatic carbocycles. The molecule has 0 aliphatic heterocycles. The highest BCUT2D eigenvalue weighted by Gasteiger charge is 2.10. The summed E-state index contributed by atoms with van der Waals surface area (Å²) in [6.07, 6.45) is 1.16. The van der Waals surface area contributed by atoms with Crippen LogP contribution in [0.1, 0.15) is 43.4 Å². The molecule has 3 N–H and O–H groups in total. The van der Waals surface area contributed by atoms with Crippen molar-refractivity contribution in [3.63, 3.8) is 0 Å². The van der Waals surface area contributed by atoms with Gasteiger partial charge in [0.2, 0.25) is 5.91 Å². The SMILES string of the molecule is CCCC(=O)Nc1ccc(O)c(/C(C)=N/NC(=O)COc2cc(C)ccc2C)c1. The number of amides is 2. The number of carbonyl (C=O) groups is 2. The molecule has 0 unspecified atom stereocenters. The third-order valence-corrected chi connectivity index (χ3v) is 4.20. The summed E-state index contributed by atoms with van der Waals surface area (Å²) in [5.74, 6) is 0.127. The van der Waals surface area contributed by atoms with Crippen LogP contribution >= 0.6 is 0 Å². The molecule has 0 aliphatic rings. The second-order valence-corrected chi connectivity index (χ2v) is 6.82. The molecule has 0 saturated carbocycles. The van der Waals surface area contributed by atoms with Crippen molar-refractivity contribution in [1.29, 1.82) is 0 Å². The lowest BCUT2D eigenvalue weighted by molar-refractivity contribution is -0.123. The summed E-state index contributed by atoms with van der Waals surface area (Å²) in [6, 6.07) is 10.5. The summed E-state index contributed by atoms with van der Waals surface area (Å²) in [5, 5.41) is 16.9. The lowest BCUT2D eigenvalue weighted by atomic mass is 10.1. The number of aryl methyl sites for hydroxylation is 2. The Morgan fingerprint density at radius 3 is 2.59 bits per heavy atom. The van der Waals surface area contributed by atoms with Gasteiger partial charge in [-0.05, 0) is 62.6 Å². The molecule has 0 bridgehead atoms. The summed E-state index contributed by atoms with van der Waals surface area (Å²) >= 11 is 0. The molecule has 0 fully saturated rings. The fourth-order valence-corrected chi connectivity index (χ4v) is 2.60. The minimum atomic E-state index is -0.419. The monoisotopic (exact) mass is 397 g/mol. The average molecular weight is 397 g/mol. The molecule has 2 aromatic carbocycles. The number of aromatic hydroxyl groups is 1. The van der Waals surface area contributed by atoms with Crippen LogP contribution in [0.15, 0.2) is 41.5 Å². The third-order valence-electron chi connectivity index (χ3n) is 4.20. The van der Waals surface area contributed by atoms with Gasteiger partial charge in [-0.1, -0.05) is 19.1 Å². The van der Waals surface area contributed by atoms with Gasteiger partial charge in [-0.25, -0.2) is 5.43 Å². The van der Waals surface area contributed by atoms with E-state index in [2.05, 4.69) is 15.8 Å². The number of hydrogen-bond acceptors (Lipinski definition) is 5. The molecule has 2 amide bonds. The Morgan fingerprint density at radius 2 is 1.86 bits per heavy atom. The molecule has 0 aromatic heterocycles. The van der Waals surface area contributed by atoms with E-state index in [4.69, 9.17) is 4.74 Å². The Balaban J connectivity index is 2.00. The number of nitrogens with zero attached hydrogens (tertiary/aromatic N) is 1.